The quantitative estimate of drug-likeness (QED) is 0.569. The molecule has 0 spiro atoms. The fraction of sp³-hybridized carbons (Fsp3) is 0.296. The Morgan fingerprint density at radius 1 is 1.00 bits per heavy atom. The third-order valence-corrected chi connectivity index (χ3v) is 6.33. The molecule has 0 aromatic heterocycles. The van der Waals surface area contributed by atoms with Crippen molar-refractivity contribution in [3.63, 3.8) is 0 Å². The molecule has 1 heterocycles. The van der Waals surface area contributed by atoms with Gasteiger partial charge in [-0.25, -0.2) is 4.79 Å². The number of hydrogen-bond donors (Lipinski definition) is 1. The Kier molecular flexibility index (Phi) is 6.82. The van der Waals surface area contributed by atoms with Gasteiger partial charge in [-0.05, 0) is 55.0 Å². The summed E-state index contributed by atoms with van der Waals surface area (Å²) in [6.45, 7) is 2.79. The zero-order chi connectivity index (χ0) is 24.2. The summed E-state index contributed by atoms with van der Waals surface area (Å²) < 4.78 is 10.2. The van der Waals surface area contributed by atoms with Gasteiger partial charge < -0.3 is 19.7 Å². The lowest BCUT2D eigenvalue weighted by Gasteiger charge is -2.32. The number of likely N-dealkylation sites (tertiary alicyclic amines) is 1. The number of hydrogen-bond acceptors (Lipinski definition) is 5. The minimum atomic E-state index is -0.461. The van der Waals surface area contributed by atoms with Gasteiger partial charge in [0.1, 0.15) is 5.75 Å². The molecule has 1 atom stereocenters. The minimum Gasteiger partial charge on any atom is -0.496 e. The molecule has 0 saturated carbocycles. The Labute approximate surface area is 198 Å². The number of anilines is 1. The molecule has 2 amide bonds. The van der Waals surface area contributed by atoms with Crippen LogP contribution in [0.3, 0.4) is 0 Å². The molecule has 0 radical (unpaired) electrons. The van der Waals surface area contributed by atoms with Crippen LogP contribution >= 0.6 is 0 Å². The molecule has 7 heteroatoms. The third kappa shape index (κ3) is 4.59. The van der Waals surface area contributed by atoms with Crippen LogP contribution in [0, 0.1) is 12.8 Å². The van der Waals surface area contributed by atoms with Gasteiger partial charge in [-0.1, -0.05) is 30.3 Å². The Morgan fingerprint density at radius 3 is 2.50 bits per heavy atom. The molecule has 7 nitrogen and oxygen atoms in total. The number of esters is 1. The molecule has 176 valence electrons. The van der Waals surface area contributed by atoms with E-state index in [4.69, 9.17) is 9.47 Å². The lowest BCUT2D eigenvalue weighted by atomic mass is 9.95. The van der Waals surface area contributed by atoms with Crippen LogP contribution in [0.5, 0.6) is 5.75 Å². The molecule has 1 aliphatic heterocycles. The van der Waals surface area contributed by atoms with E-state index in [2.05, 4.69) is 5.32 Å². The highest BCUT2D eigenvalue weighted by Crippen LogP contribution is 2.30. The first-order valence-electron chi connectivity index (χ1n) is 11.3. The Balaban J connectivity index is 1.52. The van der Waals surface area contributed by atoms with E-state index in [1.807, 2.05) is 31.2 Å². The molecule has 1 aliphatic rings. The fourth-order valence-electron chi connectivity index (χ4n) is 4.42. The van der Waals surface area contributed by atoms with Crippen molar-refractivity contribution < 1.29 is 23.9 Å². The van der Waals surface area contributed by atoms with E-state index in [1.54, 1.807) is 42.3 Å². The van der Waals surface area contributed by atoms with Crippen molar-refractivity contribution in [3.05, 3.63) is 71.3 Å². The molecule has 3 aromatic rings. The number of carbonyl (C=O) groups excluding carboxylic acids is 3. The average molecular weight is 461 g/mol. The van der Waals surface area contributed by atoms with Crippen molar-refractivity contribution in [2.75, 3.05) is 32.6 Å². The lowest BCUT2D eigenvalue weighted by molar-refractivity contribution is -0.121. The Hall–Kier alpha value is -3.87. The molecule has 0 bridgehead atoms. The van der Waals surface area contributed by atoms with Gasteiger partial charge in [0, 0.05) is 29.7 Å². The predicted molar refractivity (Wildman–Crippen MR) is 130 cm³/mol. The number of benzene rings is 3. The number of fused-ring (bicyclic) bond motifs is 1. The molecule has 4 rings (SSSR count). The molecule has 0 unspecified atom stereocenters. The first-order valence-corrected chi connectivity index (χ1v) is 11.3. The van der Waals surface area contributed by atoms with E-state index in [0.29, 0.717) is 42.1 Å². The predicted octanol–water partition coefficient (Wildman–Crippen LogP) is 4.43. The maximum atomic E-state index is 13.4. The maximum Gasteiger partial charge on any atom is 0.337 e. The summed E-state index contributed by atoms with van der Waals surface area (Å²) in [5.41, 5.74) is 2.38. The highest BCUT2D eigenvalue weighted by molar-refractivity contribution is 6.09. The van der Waals surface area contributed by atoms with Crippen molar-refractivity contribution in [1.82, 2.24) is 4.90 Å². The maximum absolute atomic E-state index is 13.4. The highest BCUT2D eigenvalue weighted by atomic mass is 16.5. The smallest absolute Gasteiger partial charge is 0.337 e. The SMILES string of the molecule is COC(=O)c1ccc(C)c(NC(=O)[C@@H]2CCCN(C(=O)c3ccc(OC)c4ccccc34)C2)c1. The van der Waals surface area contributed by atoms with Crippen LogP contribution in [0.4, 0.5) is 5.69 Å². The van der Waals surface area contributed by atoms with Gasteiger partial charge >= 0.3 is 5.97 Å². The Bertz CT molecular complexity index is 1250. The van der Waals surface area contributed by atoms with E-state index in [1.165, 1.54) is 7.11 Å². The summed E-state index contributed by atoms with van der Waals surface area (Å²) in [4.78, 5) is 40.2. The van der Waals surface area contributed by atoms with Gasteiger partial charge in [0.05, 0.1) is 25.7 Å². The summed E-state index contributed by atoms with van der Waals surface area (Å²) in [6, 6.07) is 16.3. The topological polar surface area (TPSA) is 84.9 Å². The first-order chi connectivity index (χ1) is 16.4. The molecule has 1 N–H and O–H groups in total. The van der Waals surface area contributed by atoms with Crippen LogP contribution in [-0.4, -0.2) is 50.0 Å². The molecular formula is C27H28N2O5. The van der Waals surface area contributed by atoms with Gasteiger partial charge in [0.2, 0.25) is 5.91 Å². The number of carbonyl (C=O) groups is 3. The number of aryl methyl sites for hydroxylation is 1. The second-order valence-electron chi connectivity index (χ2n) is 8.46. The molecule has 0 aliphatic carbocycles. The standard InChI is InChI=1S/C27H28N2O5/c1-17-10-11-18(27(32)34-3)15-23(17)28-25(30)19-7-6-14-29(16-19)26(31)22-12-13-24(33-2)21-9-5-4-8-20(21)22/h4-5,8-13,15,19H,6-7,14,16H2,1-3H3,(H,28,30)/t19-/m1/s1. The monoisotopic (exact) mass is 460 g/mol. The van der Waals surface area contributed by atoms with E-state index in [0.717, 1.165) is 22.8 Å². The van der Waals surface area contributed by atoms with Crippen molar-refractivity contribution in [3.8, 4) is 5.75 Å². The molecule has 1 fully saturated rings. The number of methoxy groups -OCH3 is 2. The van der Waals surface area contributed by atoms with E-state index < -0.39 is 5.97 Å². The van der Waals surface area contributed by atoms with E-state index >= 15 is 0 Å². The molecule has 3 aromatic carbocycles. The van der Waals surface area contributed by atoms with Gasteiger partial charge in [-0.3, -0.25) is 9.59 Å². The molecular weight excluding hydrogens is 432 g/mol. The van der Waals surface area contributed by atoms with Crippen molar-refractivity contribution >= 4 is 34.2 Å². The van der Waals surface area contributed by atoms with Crippen LogP contribution in [0.1, 0.15) is 39.1 Å². The highest BCUT2D eigenvalue weighted by Gasteiger charge is 2.30. The number of nitrogens with zero attached hydrogens (tertiary/aromatic N) is 1. The van der Waals surface area contributed by atoms with Crippen LogP contribution in [0.25, 0.3) is 10.8 Å². The van der Waals surface area contributed by atoms with Gasteiger partial charge in [-0.15, -0.1) is 0 Å². The summed E-state index contributed by atoms with van der Waals surface area (Å²) in [6.07, 6.45) is 1.42. The zero-order valence-corrected chi connectivity index (χ0v) is 19.6. The van der Waals surface area contributed by atoms with Crippen molar-refractivity contribution in [2.45, 2.75) is 19.8 Å². The van der Waals surface area contributed by atoms with E-state index in [9.17, 15) is 14.4 Å². The number of amides is 2. The van der Waals surface area contributed by atoms with Crippen LogP contribution in [0.15, 0.2) is 54.6 Å². The number of rotatable bonds is 5. The van der Waals surface area contributed by atoms with Crippen molar-refractivity contribution in [2.24, 2.45) is 5.92 Å². The molecule has 34 heavy (non-hydrogen) atoms. The summed E-state index contributed by atoms with van der Waals surface area (Å²) >= 11 is 0. The minimum absolute atomic E-state index is 0.0970. The average Bonchev–Trinajstić information content (AvgIpc) is 2.88. The number of ether oxygens (including phenoxy) is 2. The van der Waals surface area contributed by atoms with Gasteiger partial charge in [-0.2, -0.15) is 0 Å². The van der Waals surface area contributed by atoms with Crippen molar-refractivity contribution in [1.29, 1.82) is 0 Å². The van der Waals surface area contributed by atoms with Crippen LogP contribution in [-0.2, 0) is 9.53 Å². The van der Waals surface area contributed by atoms with E-state index in [-0.39, 0.29) is 17.7 Å². The third-order valence-electron chi connectivity index (χ3n) is 6.33. The van der Waals surface area contributed by atoms with Gasteiger partial charge in [0.15, 0.2) is 0 Å². The lowest BCUT2D eigenvalue weighted by Crippen LogP contribution is -2.43. The summed E-state index contributed by atoms with van der Waals surface area (Å²) in [5, 5.41) is 4.65. The second-order valence-corrected chi connectivity index (χ2v) is 8.46. The summed E-state index contributed by atoms with van der Waals surface area (Å²) in [5.74, 6) is -0.352. The fourth-order valence-corrected chi connectivity index (χ4v) is 4.42. The van der Waals surface area contributed by atoms with Crippen LogP contribution < -0.4 is 10.1 Å². The number of piperidine rings is 1. The molecule has 1 saturated heterocycles. The zero-order valence-electron chi connectivity index (χ0n) is 19.6. The van der Waals surface area contributed by atoms with Crippen LogP contribution in [0.2, 0.25) is 0 Å². The first kappa shape index (κ1) is 23.3. The largest absolute Gasteiger partial charge is 0.496 e. The Morgan fingerprint density at radius 2 is 1.76 bits per heavy atom. The normalized spacial score (nSPS) is 15.6. The van der Waals surface area contributed by atoms with Gasteiger partial charge in [0.25, 0.3) is 5.91 Å². The number of nitrogens with one attached hydrogen (secondary N) is 1. The second kappa shape index (κ2) is 9.95. The summed E-state index contributed by atoms with van der Waals surface area (Å²) in [7, 11) is 2.93.